The summed E-state index contributed by atoms with van der Waals surface area (Å²) in [4.78, 5) is 10.8. The van der Waals surface area contributed by atoms with Gasteiger partial charge in [0.1, 0.15) is 0 Å². The quantitative estimate of drug-likeness (QED) is 0.460. The molecule has 0 aliphatic heterocycles. The monoisotopic (exact) mass is 187 g/mol. The Morgan fingerprint density at radius 1 is 1.69 bits per heavy atom. The summed E-state index contributed by atoms with van der Waals surface area (Å²) < 4.78 is 4.67. The Hall–Kier alpha value is -0.870. The van der Waals surface area contributed by atoms with Crippen molar-refractivity contribution in [1.29, 1.82) is 0 Å². The van der Waals surface area contributed by atoms with Gasteiger partial charge in [-0.25, -0.2) is 4.79 Å². The average molecular weight is 187 g/mol. The molecule has 0 aromatic carbocycles. The standard InChI is InChI=1S/C9H17NO3/c1-2-13-9(12)6-4-3-5-8(10)7-11/h4,6,8,11H,2-3,5,7,10H2,1H3/t8-/m1/s1. The first-order valence-electron chi connectivity index (χ1n) is 4.40. The van der Waals surface area contributed by atoms with Gasteiger partial charge in [-0.05, 0) is 19.8 Å². The lowest BCUT2D eigenvalue weighted by Gasteiger charge is -2.03. The molecule has 4 heteroatoms. The van der Waals surface area contributed by atoms with Crippen molar-refractivity contribution < 1.29 is 14.6 Å². The predicted molar refractivity (Wildman–Crippen MR) is 50.1 cm³/mol. The average Bonchev–Trinajstić information content (AvgIpc) is 2.12. The van der Waals surface area contributed by atoms with Crippen molar-refractivity contribution in [2.75, 3.05) is 13.2 Å². The molecule has 0 aliphatic rings. The molecule has 76 valence electrons. The van der Waals surface area contributed by atoms with Gasteiger partial charge in [0.25, 0.3) is 0 Å². The van der Waals surface area contributed by atoms with Crippen LogP contribution < -0.4 is 5.73 Å². The Bertz CT molecular complexity index is 168. The molecule has 0 aromatic rings. The number of aliphatic hydroxyl groups excluding tert-OH is 1. The Kier molecular flexibility index (Phi) is 7.24. The summed E-state index contributed by atoms with van der Waals surface area (Å²) >= 11 is 0. The van der Waals surface area contributed by atoms with Crippen LogP contribution in [0.1, 0.15) is 19.8 Å². The van der Waals surface area contributed by atoms with Gasteiger partial charge >= 0.3 is 5.97 Å². The molecule has 0 amide bonds. The lowest BCUT2D eigenvalue weighted by molar-refractivity contribution is -0.137. The van der Waals surface area contributed by atoms with Crippen molar-refractivity contribution in [1.82, 2.24) is 0 Å². The molecule has 0 fully saturated rings. The van der Waals surface area contributed by atoms with Crippen molar-refractivity contribution in [2.24, 2.45) is 5.73 Å². The number of hydrogen-bond acceptors (Lipinski definition) is 4. The van der Waals surface area contributed by atoms with E-state index in [4.69, 9.17) is 10.8 Å². The summed E-state index contributed by atoms with van der Waals surface area (Å²) in [5.74, 6) is -0.333. The van der Waals surface area contributed by atoms with Crippen LogP contribution in [0.3, 0.4) is 0 Å². The van der Waals surface area contributed by atoms with Crippen molar-refractivity contribution in [3.63, 3.8) is 0 Å². The fraction of sp³-hybridized carbons (Fsp3) is 0.667. The molecule has 0 unspecified atom stereocenters. The number of allylic oxidation sites excluding steroid dienone is 1. The minimum atomic E-state index is -0.333. The summed E-state index contributed by atoms with van der Waals surface area (Å²) in [6.07, 6.45) is 4.44. The molecule has 0 saturated carbocycles. The highest BCUT2D eigenvalue weighted by Gasteiger charge is 1.97. The third-order valence-corrected chi connectivity index (χ3v) is 1.48. The highest BCUT2D eigenvalue weighted by atomic mass is 16.5. The molecule has 4 nitrogen and oxygen atoms in total. The van der Waals surface area contributed by atoms with Gasteiger partial charge in [0.05, 0.1) is 13.2 Å². The largest absolute Gasteiger partial charge is 0.463 e. The molecule has 13 heavy (non-hydrogen) atoms. The van der Waals surface area contributed by atoms with E-state index >= 15 is 0 Å². The maximum atomic E-state index is 10.8. The summed E-state index contributed by atoms with van der Waals surface area (Å²) in [6.45, 7) is 2.12. The molecule has 0 aliphatic carbocycles. The summed E-state index contributed by atoms with van der Waals surface area (Å²) in [5.41, 5.74) is 5.45. The number of esters is 1. The first kappa shape index (κ1) is 12.1. The van der Waals surface area contributed by atoms with Crippen molar-refractivity contribution >= 4 is 5.97 Å². The minimum Gasteiger partial charge on any atom is -0.463 e. The zero-order valence-electron chi connectivity index (χ0n) is 7.90. The predicted octanol–water partition coefficient (Wildman–Crippen LogP) is 0.205. The molecular weight excluding hydrogens is 170 g/mol. The van der Waals surface area contributed by atoms with E-state index in [9.17, 15) is 4.79 Å². The van der Waals surface area contributed by atoms with Gasteiger partial charge in [0.15, 0.2) is 0 Å². The third-order valence-electron chi connectivity index (χ3n) is 1.48. The lowest BCUT2D eigenvalue weighted by Crippen LogP contribution is -2.23. The molecule has 1 atom stereocenters. The second-order valence-electron chi connectivity index (χ2n) is 2.67. The van der Waals surface area contributed by atoms with E-state index in [0.717, 1.165) is 0 Å². The van der Waals surface area contributed by atoms with E-state index in [0.29, 0.717) is 19.4 Å². The zero-order valence-corrected chi connectivity index (χ0v) is 7.90. The number of nitrogens with two attached hydrogens (primary N) is 1. The smallest absolute Gasteiger partial charge is 0.330 e. The Balaban J connectivity index is 3.46. The molecule has 0 saturated heterocycles. The molecule has 0 heterocycles. The van der Waals surface area contributed by atoms with Crippen LogP contribution in [-0.4, -0.2) is 30.3 Å². The van der Waals surface area contributed by atoms with Gasteiger partial charge in [0, 0.05) is 12.1 Å². The van der Waals surface area contributed by atoms with Crippen LogP contribution in [0.2, 0.25) is 0 Å². The van der Waals surface area contributed by atoms with Gasteiger partial charge in [-0.1, -0.05) is 6.08 Å². The molecule has 0 aromatic heterocycles. The number of carbonyl (C=O) groups excluding carboxylic acids is 1. The van der Waals surface area contributed by atoms with Gasteiger partial charge < -0.3 is 15.6 Å². The van der Waals surface area contributed by atoms with E-state index in [1.165, 1.54) is 6.08 Å². The fourth-order valence-electron chi connectivity index (χ4n) is 0.772. The highest BCUT2D eigenvalue weighted by molar-refractivity contribution is 5.81. The normalized spacial score (nSPS) is 13.2. The van der Waals surface area contributed by atoms with Crippen molar-refractivity contribution in [3.05, 3.63) is 12.2 Å². The maximum absolute atomic E-state index is 10.8. The first-order chi connectivity index (χ1) is 6.20. The van der Waals surface area contributed by atoms with Gasteiger partial charge in [-0.3, -0.25) is 0 Å². The van der Waals surface area contributed by atoms with Crippen molar-refractivity contribution in [3.8, 4) is 0 Å². The van der Waals surface area contributed by atoms with E-state index in [1.807, 2.05) is 0 Å². The van der Waals surface area contributed by atoms with Crippen LogP contribution in [0.15, 0.2) is 12.2 Å². The Labute approximate surface area is 78.4 Å². The molecule has 3 N–H and O–H groups in total. The summed E-state index contributed by atoms with van der Waals surface area (Å²) in [5, 5.41) is 8.59. The van der Waals surface area contributed by atoms with E-state index in [2.05, 4.69) is 4.74 Å². The van der Waals surface area contributed by atoms with Crippen LogP contribution in [0.25, 0.3) is 0 Å². The van der Waals surface area contributed by atoms with Crippen LogP contribution in [0.4, 0.5) is 0 Å². The van der Waals surface area contributed by atoms with E-state index in [1.54, 1.807) is 13.0 Å². The van der Waals surface area contributed by atoms with Gasteiger partial charge in [-0.2, -0.15) is 0 Å². The Morgan fingerprint density at radius 3 is 2.92 bits per heavy atom. The molecule has 0 bridgehead atoms. The highest BCUT2D eigenvalue weighted by Crippen LogP contribution is 1.95. The lowest BCUT2D eigenvalue weighted by atomic mass is 10.2. The van der Waals surface area contributed by atoms with Crippen LogP contribution in [-0.2, 0) is 9.53 Å². The van der Waals surface area contributed by atoms with Crippen LogP contribution in [0.5, 0.6) is 0 Å². The first-order valence-corrected chi connectivity index (χ1v) is 4.40. The molecule has 0 radical (unpaired) electrons. The van der Waals surface area contributed by atoms with Gasteiger partial charge in [0.2, 0.25) is 0 Å². The third kappa shape index (κ3) is 7.49. The molecule has 0 spiro atoms. The van der Waals surface area contributed by atoms with E-state index in [-0.39, 0.29) is 18.6 Å². The maximum Gasteiger partial charge on any atom is 0.330 e. The Morgan fingerprint density at radius 2 is 2.38 bits per heavy atom. The van der Waals surface area contributed by atoms with Crippen LogP contribution in [0, 0.1) is 0 Å². The topological polar surface area (TPSA) is 72.5 Å². The molecule has 0 rings (SSSR count). The SMILES string of the molecule is CCOC(=O)C=CCC[C@@H](N)CO. The number of rotatable bonds is 6. The zero-order chi connectivity index (χ0) is 10.1. The fourth-order valence-corrected chi connectivity index (χ4v) is 0.772. The van der Waals surface area contributed by atoms with E-state index < -0.39 is 0 Å². The number of aliphatic hydroxyl groups is 1. The summed E-state index contributed by atoms with van der Waals surface area (Å²) in [7, 11) is 0. The second-order valence-corrected chi connectivity index (χ2v) is 2.67. The molecular formula is C9H17NO3. The van der Waals surface area contributed by atoms with Gasteiger partial charge in [-0.15, -0.1) is 0 Å². The summed E-state index contributed by atoms with van der Waals surface area (Å²) in [6, 6.07) is -0.202. The number of hydrogen-bond donors (Lipinski definition) is 2. The number of carbonyl (C=O) groups is 1. The second kappa shape index (κ2) is 7.76. The van der Waals surface area contributed by atoms with Crippen LogP contribution >= 0.6 is 0 Å². The van der Waals surface area contributed by atoms with Crippen molar-refractivity contribution in [2.45, 2.75) is 25.8 Å². The number of ether oxygens (including phenoxy) is 1. The minimum absolute atomic E-state index is 0.0206.